The molecule has 0 aromatic heterocycles. The van der Waals surface area contributed by atoms with Crippen LogP contribution in [0.25, 0.3) is 0 Å². The summed E-state index contributed by atoms with van der Waals surface area (Å²) in [4.78, 5) is 11.5. The van der Waals surface area contributed by atoms with Gasteiger partial charge in [0.05, 0.1) is 7.11 Å². The fourth-order valence-corrected chi connectivity index (χ4v) is 1.75. The van der Waals surface area contributed by atoms with Crippen molar-refractivity contribution in [2.75, 3.05) is 7.11 Å². The molecule has 86 valence electrons. The minimum Gasteiger partial charge on any atom is -0.496 e. The second-order valence-electron chi connectivity index (χ2n) is 3.95. The van der Waals surface area contributed by atoms with E-state index in [1.165, 1.54) is 0 Å². The van der Waals surface area contributed by atoms with Gasteiger partial charge in [0.1, 0.15) is 5.75 Å². The number of benzene rings is 1. The molecule has 1 saturated carbocycles. The third-order valence-corrected chi connectivity index (χ3v) is 2.88. The van der Waals surface area contributed by atoms with Gasteiger partial charge in [-0.25, -0.2) is 0 Å². The van der Waals surface area contributed by atoms with E-state index in [1.54, 1.807) is 19.2 Å². The van der Waals surface area contributed by atoms with Crippen molar-refractivity contribution in [2.24, 2.45) is 5.92 Å². The number of halogens is 1. The number of hydrogen-bond acceptors (Lipinski definition) is 2. The number of hydrogen-bond donors (Lipinski definition) is 1. The summed E-state index contributed by atoms with van der Waals surface area (Å²) in [6.45, 7) is 0.471. The van der Waals surface area contributed by atoms with Crippen LogP contribution in [0.3, 0.4) is 0 Å². The monoisotopic (exact) mass is 239 g/mol. The van der Waals surface area contributed by atoms with Crippen LogP contribution < -0.4 is 10.1 Å². The summed E-state index contributed by atoms with van der Waals surface area (Å²) in [7, 11) is 1.61. The predicted molar refractivity (Wildman–Crippen MR) is 62.6 cm³/mol. The molecule has 1 aliphatic carbocycles. The highest BCUT2D eigenvalue weighted by Gasteiger charge is 2.29. The Kier molecular flexibility index (Phi) is 3.34. The quantitative estimate of drug-likeness (QED) is 0.876. The maximum Gasteiger partial charge on any atom is 0.223 e. The second-order valence-corrected chi connectivity index (χ2v) is 4.38. The van der Waals surface area contributed by atoms with Crippen LogP contribution in [0.1, 0.15) is 18.4 Å². The summed E-state index contributed by atoms with van der Waals surface area (Å²) in [6, 6.07) is 5.39. The van der Waals surface area contributed by atoms with Gasteiger partial charge in [-0.15, -0.1) is 0 Å². The molecule has 1 fully saturated rings. The van der Waals surface area contributed by atoms with E-state index in [2.05, 4.69) is 5.32 Å². The van der Waals surface area contributed by atoms with Gasteiger partial charge in [0.2, 0.25) is 5.91 Å². The number of carbonyl (C=O) groups excluding carboxylic acids is 1. The number of amides is 1. The van der Waals surface area contributed by atoms with Crippen molar-refractivity contribution in [2.45, 2.75) is 19.4 Å². The first-order valence-corrected chi connectivity index (χ1v) is 5.68. The normalized spacial score (nSPS) is 14.6. The molecule has 1 aromatic rings. The standard InChI is InChI=1S/C12H14ClNO2/c1-16-11-5-4-10(13)6-9(11)7-14-12(15)8-2-3-8/h4-6,8H,2-3,7H2,1H3,(H,14,15). The molecular weight excluding hydrogens is 226 g/mol. The third-order valence-electron chi connectivity index (χ3n) is 2.64. The molecule has 0 atom stereocenters. The molecule has 0 bridgehead atoms. The lowest BCUT2D eigenvalue weighted by Crippen LogP contribution is -2.24. The Morgan fingerprint density at radius 3 is 2.94 bits per heavy atom. The SMILES string of the molecule is COc1ccc(Cl)cc1CNC(=O)C1CC1. The van der Waals surface area contributed by atoms with Crippen LogP contribution in [-0.2, 0) is 11.3 Å². The largest absolute Gasteiger partial charge is 0.496 e. The first kappa shape index (κ1) is 11.3. The van der Waals surface area contributed by atoms with Crippen molar-refractivity contribution in [3.05, 3.63) is 28.8 Å². The Hall–Kier alpha value is -1.22. The van der Waals surface area contributed by atoms with Crippen molar-refractivity contribution in [3.63, 3.8) is 0 Å². The molecule has 1 aliphatic rings. The average Bonchev–Trinajstić information content (AvgIpc) is 3.10. The molecule has 1 N–H and O–H groups in total. The third kappa shape index (κ3) is 2.67. The van der Waals surface area contributed by atoms with Gasteiger partial charge in [-0.3, -0.25) is 4.79 Å². The van der Waals surface area contributed by atoms with Gasteiger partial charge in [0.25, 0.3) is 0 Å². The number of carbonyl (C=O) groups is 1. The van der Waals surface area contributed by atoms with E-state index in [0.717, 1.165) is 24.2 Å². The van der Waals surface area contributed by atoms with Crippen LogP contribution in [-0.4, -0.2) is 13.0 Å². The van der Waals surface area contributed by atoms with E-state index in [9.17, 15) is 4.79 Å². The van der Waals surface area contributed by atoms with Crippen LogP contribution >= 0.6 is 11.6 Å². The molecule has 0 saturated heterocycles. The van der Waals surface area contributed by atoms with Crippen LogP contribution in [0, 0.1) is 5.92 Å². The van der Waals surface area contributed by atoms with E-state index >= 15 is 0 Å². The minimum atomic E-state index is 0.127. The lowest BCUT2D eigenvalue weighted by Gasteiger charge is -2.09. The number of methoxy groups -OCH3 is 1. The van der Waals surface area contributed by atoms with Gasteiger partial charge >= 0.3 is 0 Å². The van der Waals surface area contributed by atoms with E-state index in [0.29, 0.717) is 11.6 Å². The Morgan fingerprint density at radius 2 is 2.31 bits per heavy atom. The fourth-order valence-electron chi connectivity index (χ4n) is 1.56. The second kappa shape index (κ2) is 4.74. The van der Waals surface area contributed by atoms with Crippen molar-refractivity contribution in [1.29, 1.82) is 0 Å². The van der Waals surface area contributed by atoms with Crippen molar-refractivity contribution in [1.82, 2.24) is 5.32 Å². The zero-order valence-corrected chi connectivity index (χ0v) is 9.88. The van der Waals surface area contributed by atoms with Gasteiger partial charge in [-0.2, -0.15) is 0 Å². The molecule has 0 spiro atoms. The number of ether oxygens (including phenoxy) is 1. The number of rotatable bonds is 4. The van der Waals surface area contributed by atoms with Gasteiger partial charge in [0.15, 0.2) is 0 Å². The van der Waals surface area contributed by atoms with E-state index in [4.69, 9.17) is 16.3 Å². The molecule has 1 amide bonds. The molecule has 0 aliphatic heterocycles. The predicted octanol–water partition coefficient (Wildman–Crippen LogP) is 2.37. The zero-order chi connectivity index (χ0) is 11.5. The van der Waals surface area contributed by atoms with Crippen LogP contribution in [0.15, 0.2) is 18.2 Å². The maximum atomic E-state index is 11.5. The highest BCUT2D eigenvalue weighted by atomic mass is 35.5. The maximum absolute atomic E-state index is 11.5. The highest BCUT2D eigenvalue weighted by molar-refractivity contribution is 6.30. The molecule has 4 heteroatoms. The van der Waals surface area contributed by atoms with Crippen molar-refractivity contribution >= 4 is 17.5 Å². The highest BCUT2D eigenvalue weighted by Crippen LogP contribution is 2.29. The first-order valence-electron chi connectivity index (χ1n) is 5.31. The lowest BCUT2D eigenvalue weighted by molar-refractivity contribution is -0.122. The van der Waals surface area contributed by atoms with E-state index < -0.39 is 0 Å². The molecule has 0 radical (unpaired) electrons. The van der Waals surface area contributed by atoms with Crippen molar-refractivity contribution < 1.29 is 9.53 Å². The summed E-state index contributed by atoms with van der Waals surface area (Å²) >= 11 is 5.90. The summed E-state index contributed by atoms with van der Waals surface area (Å²) in [5.41, 5.74) is 0.906. The Balaban J connectivity index is 2.01. The summed E-state index contributed by atoms with van der Waals surface area (Å²) in [5.74, 6) is 1.10. The summed E-state index contributed by atoms with van der Waals surface area (Å²) < 4.78 is 5.20. The van der Waals surface area contributed by atoms with Crippen LogP contribution in [0.2, 0.25) is 5.02 Å². The fraction of sp³-hybridized carbons (Fsp3) is 0.417. The van der Waals surface area contributed by atoms with E-state index in [1.807, 2.05) is 6.07 Å². The minimum absolute atomic E-state index is 0.127. The smallest absolute Gasteiger partial charge is 0.223 e. The van der Waals surface area contributed by atoms with Gasteiger partial charge in [0, 0.05) is 23.0 Å². The first-order chi connectivity index (χ1) is 7.70. The van der Waals surface area contributed by atoms with Gasteiger partial charge in [-0.05, 0) is 31.0 Å². The molecule has 1 aromatic carbocycles. The molecule has 0 heterocycles. The van der Waals surface area contributed by atoms with Crippen LogP contribution in [0.5, 0.6) is 5.75 Å². The molecular formula is C12H14ClNO2. The van der Waals surface area contributed by atoms with E-state index in [-0.39, 0.29) is 11.8 Å². The molecule has 16 heavy (non-hydrogen) atoms. The van der Waals surface area contributed by atoms with Crippen LogP contribution in [0.4, 0.5) is 0 Å². The average molecular weight is 240 g/mol. The lowest BCUT2D eigenvalue weighted by atomic mass is 10.2. The zero-order valence-electron chi connectivity index (χ0n) is 9.13. The molecule has 2 rings (SSSR count). The molecule has 3 nitrogen and oxygen atoms in total. The van der Waals surface area contributed by atoms with Gasteiger partial charge < -0.3 is 10.1 Å². The summed E-state index contributed by atoms with van der Waals surface area (Å²) in [6.07, 6.45) is 2.02. The van der Waals surface area contributed by atoms with Crippen molar-refractivity contribution in [3.8, 4) is 5.75 Å². The Labute approximate surface area is 99.7 Å². The number of nitrogens with one attached hydrogen (secondary N) is 1. The van der Waals surface area contributed by atoms with Gasteiger partial charge in [-0.1, -0.05) is 11.6 Å². The molecule has 0 unspecified atom stereocenters. The Bertz CT molecular complexity index is 402. The topological polar surface area (TPSA) is 38.3 Å². The Morgan fingerprint density at radius 1 is 1.56 bits per heavy atom. The summed E-state index contributed by atoms with van der Waals surface area (Å²) in [5, 5.41) is 3.53.